The SMILES string of the molecule is c1ccc(-c2ccc(-c3nc(-c4ccccc4)nc(-c4ccc(-c5ccc(-c6ccc(-c7ccc8c(c7)oc7nc9ccccc9nc78)cc6)cc5)cc4)n3)cc2)cc1. The number of rotatable bonds is 7. The summed E-state index contributed by atoms with van der Waals surface area (Å²) in [6.07, 6.45) is 0. The summed E-state index contributed by atoms with van der Waals surface area (Å²) in [7, 11) is 0. The van der Waals surface area contributed by atoms with Crippen LogP contribution in [0.4, 0.5) is 0 Å². The minimum Gasteiger partial charge on any atom is -0.436 e. The lowest BCUT2D eigenvalue weighted by atomic mass is 9.97. The van der Waals surface area contributed by atoms with Gasteiger partial charge >= 0.3 is 0 Å². The highest BCUT2D eigenvalue weighted by Gasteiger charge is 2.15. The molecule has 3 aromatic heterocycles. The fraction of sp³-hybridized carbons (Fsp3) is 0. The molecule has 6 nitrogen and oxygen atoms in total. The van der Waals surface area contributed by atoms with Crippen LogP contribution in [0.15, 0.2) is 205 Å². The van der Waals surface area contributed by atoms with E-state index in [4.69, 9.17) is 29.3 Å². The van der Waals surface area contributed by atoms with Crippen molar-refractivity contribution >= 4 is 33.2 Å². The monoisotopic (exact) mass is 755 g/mol. The molecule has 0 amide bonds. The predicted octanol–water partition coefficient (Wildman–Crippen LogP) is 13.4. The molecule has 11 aromatic rings. The number of para-hydroxylation sites is 2. The second-order valence-corrected chi connectivity index (χ2v) is 14.5. The van der Waals surface area contributed by atoms with Crippen LogP contribution in [0.2, 0.25) is 0 Å². The molecule has 0 saturated carbocycles. The number of aromatic nitrogens is 5. The van der Waals surface area contributed by atoms with Crippen molar-refractivity contribution < 1.29 is 4.42 Å². The smallest absolute Gasteiger partial charge is 0.246 e. The van der Waals surface area contributed by atoms with Gasteiger partial charge in [-0.2, -0.15) is 0 Å². The minimum absolute atomic E-state index is 0.557. The summed E-state index contributed by atoms with van der Waals surface area (Å²) in [6, 6.07) is 68.8. The number of fused-ring (bicyclic) bond motifs is 4. The second kappa shape index (κ2) is 14.4. The number of nitrogens with zero attached hydrogens (tertiary/aromatic N) is 5. The van der Waals surface area contributed by atoms with Gasteiger partial charge in [0.2, 0.25) is 5.71 Å². The first-order valence-electron chi connectivity index (χ1n) is 19.6. The Balaban J connectivity index is 0.835. The Morgan fingerprint density at radius 2 is 0.610 bits per heavy atom. The molecule has 6 heteroatoms. The Morgan fingerprint density at radius 3 is 1.08 bits per heavy atom. The molecule has 276 valence electrons. The second-order valence-electron chi connectivity index (χ2n) is 14.5. The predicted molar refractivity (Wildman–Crippen MR) is 238 cm³/mol. The van der Waals surface area contributed by atoms with Crippen LogP contribution < -0.4 is 0 Å². The van der Waals surface area contributed by atoms with E-state index in [9.17, 15) is 0 Å². The molecule has 0 aliphatic rings. The molecule has 0 aliphatic heterocycles. The van der Waals surface area contributed by atoms with Gasteiger partial charge in [-0.15, -0.1) is 0 Å². The van der Waals surface area contributed by atoms with Crippen molar-refractivity contribution in [2.24, 2.45) is 0 Å². The Kier molecular flexibility index (Phi) is 8.37. The normalized spacial score (nSPS) is 11.4. The van der Waals surface area contributed by atoms with Crippen LogP contribution in [-0.2, 0) is 0 Å². The largest absolute Gasteiger partial charge is 0.436 e. The number of hydrogen-bond donors (Lipinski definition) is 0. The molecule has 11 rings (SSSR count). The molecule has 3 heterocycles. The Hall–Kier alpha value is -8.09. The standard InChI is InChI=1S/C53H33N5O/c1-3-9-34(10-4-1)35-23-27-42(28-24-35)51-56-50(41-11-5-2-6-12-41)57-52(58-51)43-29-25-39(26-30-43)37-17-15-36(16-18-37)38-19-21-40(22-20-38)44-31-32-45-48(33-44)59-53-49(45)54-46-13-7-8-14-47(46)55-53/h1-33H. The fourth-order valence-electron chi connectivity index (χ4n) is 7.63. The van der Waals surface area contributed by atoms with Crippen molar-refractivity contribution in [2.45, 2.75) is 0 Å². The molecule has 0 atom stereocenters. The van der Waals surface area contributed by atoms with Crippen molar-refractivity contribution in [1.82, 2.24) is 24.9 Å². The van der Waals surface area contributed by atoms with Crippen LogP contribution in [0.25, 0.3) is 112 Å². The zero-order valence-corrected chi connectivity index (χ0v) is 31.7. The fourth-order valence-corrected chi connectivity index (χ4v) is 7.63. The number of hydrogen-bond acceptors (Lipinski definition) is 6. The molecule has 0 fully saturated rings. The van der Waals surface area contributed by atoms with Crippen LogP contribution in [0.1, 0.15) is 0 Å². The first-order chi connectivity index (χ1) is 29.2. The van der Waals surface area contributed by atoms with Crippen molar-refractivity contribution in [2.75, 3.05) is 0 Å². The summed E-state index contributed by atoms with van der Waals surface area (Å²) in [5.74, 6) is 1.91. The van der Waals surface area contributed by atoms with Gasteiger partial charge in [0.25, 0.3) is 0 Å². The average Bonchev–Trinajstić information content (AvgIpc) is 3.68. The van der Waals surface area contributed by atoms with Gasteiger partial charge in [-0.3, -0.25) is 0 Å². The maximum atomic E-state index is 6.17. The zero-order chi connectivity index (χ0) is 39.1. The van der Waals surface area contributed by atoms with Gasteiger partial charge < -0.3 is 4.42 Å². The van der Waals surface area contributed by atoms with Gasteiger partial charge in [-0.25, -0.2) is 24.9 Å². The van der Waals surface area contributed by atoms with Crippen LogP contribution in [-0.4, -0.2) is 24.9 Å². The Labute approximate surface area is 340 Å². The first-order valence-corrected chi connectivity index (χ1v) is 19.6. The third kappa shape index (κ3) is 6.58. The van der Waals surface area contributed by atoms with E-state index in [2.05, 4.69) is 140 Å². The van der Waals surface area contributed by atoms with E-state index in [1.165, 1.54) is 5.56 Å². The van der Waals surface area contributed by atoms with E-state index < -0.39 is 0 Å². The van der Waals surface area contributed by atoms with Gasteiger partial charge in [0.15, 0.2) is 17.5 Å². The van der Waals surface area contributed by atoms with Crippen LogP contribution in [0.3, 0.4) is 0 Å². The maximum absolute atomic E-state index is 6.17. The summed E-state index contributed by atoms with van der Waals surface area (Å²) >= 11 is 0. The summed E-state index contributed by atoms with van der Waals surface area (Å²) < 4.78 is 6.17. The molecular formula is C53H33N5O. The molecule has 0 unspecified atom stereocenters. The summed E-state index contributed by atoms with van der Waals surface area (Å²) in [4.78, 5) is 24.4. The highest BCUT2D eigenvalue weighted by atomic mass is 16.3. The van der Waals surface area contributed by atoms with Crippen molar-refractivity contribution in [3.05, 3.63) is 200 Å². The molecule has 0 radical (unpaired) electrons. The molecule has 8 aromatic carbocycles. The first kappa shape index (κ1) is 34.2. The highest BCUT2D eigenvalue weighted by molar-refractivity contribution is 6.04. The molecule has 0 N–H and O–H groups in total. The number of benzene rings is 8. The lowest BCUT2D eigenvalue weighted by Crippen LogP contribution is -2.00. The zero-order valence-electron chi connectivity index (χ0n) is 31.7. The van der Waals surface area contributed by atoms with Gasteiger partial charge in [-0.05, 0) is 68.8 Å². The molecule has 0 bridgehead atoms. The van der Waals surface area contributed by atoms with E-state index >= 15 is 0 Å². The topological polar surface area (TPSA) is 77.6 Å². The molecular weight excluding hydrogens is 723 g/mol. The molecule has 0 saturated heterocycles. The van der Waals surface area contributed by atoms with Crippen LogP contribution in [0, 0.1) is 0 Å². The third-order valence-electron chi connectivity index (χ3n) is 10.8. The Bertz CT molecular complexity index is 3270. The summed E-state index contributed by atoms with van der Waals surface area (Å²) in [5.41, 5.74) is 15.7. The molecule has 0 spiro atoms. The van der Waals surface area contributed by atoms with Crippen LogP contribution >= 0.6 is 0 Å². The highest BCUT2D eigenvalue weighted by Crippen LogP contribution is 2.34. The molecule has 59 heavy (non-hydrogen) atoms. The average molecular weight is 756 g/mol. The van der Waals surface area contributed by atoms with Gasteiger partial charge in [0.1, 0.15) is 11.1 Å². The minimum atomic E-state index is 0.557. The maximum Gasteiger partial charge on any atom is 0.246 e. The van der Waals surface area contributed by atoms with Gasteiger partial charge in [0.05, 0.1) is 11.0 Å². The van der Waals surface area contributed by atoms with Gasteiger partial charge in [-0.1, -0.05) is 176 Å². The third-order valence-corrected chi connectivity index (χ3v) is 10.8. The van der Waals surface area contributed by atoms with Crippen LogP contribution in [0.5, 0.6) is 0 Å². The van der Waals surface area contributed by atoms with E-state index in [-0.39, 0.29) is 0 Å². The van der Waals surface area contributed by atoms with E-state index in [1.807, 2.05) is 60.7 Å². The quantitative estimate of drug-likeness (QED) is 0.161. The lowest BCUT2D eigenvalue weighted by Gasteiger charge is -2.10. The van der Waals surface area contributed by atoms with E-state index in [0.717, 1.165) is 83.2 Å². The number of furan rings is 1. The van der Waals surface area contributed by atoms with Crippen molar-refractivity contribution in [1.29, 1.82) is 0 Å². The summed E-state index contributed by atoms with van der Waals surface area (Å²) in [6.45, 7) is 0. The lowest BCUT2D eigenvalue weighted by molar-refractivity contribution is 0.655. The molecule has 0 aliphatic carbocycles. The Morgan fingerprint density at radius 1 is 0.271 bits per heavy atom. The van der Waals surface area contributed by atoms with Gasteiger partial charge in [0, 0.05) is 22.1 Å². The van der Waals surface area contributed by atoms with Crippen molar-refractivity contribution in [3.8, 4) is 78.7 Å². The van der Waals surface area contributed by atoms with Crippen molar-refractivity contribution in [3.63, 3.8) is 0 Å². The van der Waals surface area contributed by atoms with E-state index in [1.54, 1.807) is 0 Å². The van der Waals surface area contributed by atoms with E-state index in [0.29, 0.717) is 23.2 Å². The summed E-state index contributed by atoms with van der Waals surface area (Å²) in [5, 5.41) is 0.964.